The predicted octanol–water partition coefficient (Wildman–Crippen LogP) is 3.84. The standard InChI is InChI=1S/C16H19NOS/c1-12(18)15-7-4-5-9-17(15)10-13-11-19-16-8-3-2-6-14(13)16/h2-3,6,8,11,15H,4-5,7,9-10H2,1H3. The van der Waals surface area contributed by atoms with Crippen LogP contribution in [0.15, 0.2) is 29.6 Å². The van der Waals surface area contributed by atoms with Crippen molar-refractivity contribution in [2.75, 3.05) is 6.54 Å². The van der Waals surface area contributed by atoms with Gasteiger partial charge >= 0.3 is 0 Å². The van der Waals surface area contributed by atoms with Crippen LogP contribution in [0.3, 0.4) is 0 Å². The number of carbonyl (C=O) groups excluding carboxylic acids is 1. The normalized spacial score (nSPS) is 20.8. The summed E-state index contributed by atoms with van der Waals surface area (Å²) in [4.78, 5) is 14.1. The molecule has 0 saturated carbocycles. The predicted molar refractivity (Wildman–Crippen MR) is 80.6 cm³/mol. The van der Waals surface area contributed by atoms with Crippen LogP contribution in [0.4, 0.5) is 0 Å². The molecular weight excluding hydrogens is 254 g/mol. The van der Waals surface area contributed by atoms with Crippen LogP contribution in [0, 0.1) is 0 Å². The number of nitrogens with zero attached hydrogens (tertiary/aromatic N) is 1. The highest BCUT2D eigenvalue weighted by Gasteiger charge is 2.26. The minimum absolute atomic E-state index is 0.132. The van der Waals surface area contributed by atoms with Gasteiger partial charge in [-0.3, -0.25) is 9.69 Å². The lowest BCUT2D eigenvalue weighted by Crippen LogP contribution is -2.43. The fourth-order valence-corrected chi connectivity index (χ4v) is 3.97. The SMILES string of the molecule is CC(=O)C1CCCCN1Cc1csc2ccccc12. The minimum Gasteiger partial charge on any atom is -0.298 e. The van der Waals surface area contributed by atoms with Crippen LogP contribution in [-0.4, -0.2) is 23.3 Å². The van der Waals surface area contributed by atoms with Gasteiger partial charge in [0.05, 0.1) is 6.04 Å². The molecule has 1 unspecified atom stereocenters. The van der Waals surface area contributed by atoms with Crippen LogP contribution >= 0.6 is 11.3 Å². The van der Waals surface area contributed by atoms with Crippen LogP contribution in [0.1, 0.15) is 31.7 Å². The molecule has 0 N–H and O–H groups in total. The lowest BCUT2D eigenvalue weighted by atomic mass is 9.98. The molecule has 0 amide bonds. The number of piperidine rings is 1. The van der Waals surface area contributed by atoms with E-state index in [2.05, 4.69) is 34.5 Å². The molecule has 100 valence electrons. The molecule has 0 aliphatic carbocycles. The van der Waals surface area contributed by atoms with E-state index in [4.69, 9.17) is 0 Å². The second kappa shape index (κ2) is 5.43. The molecule has 19 heavy (non-hydrogen) atoms. The lowest BCUT2D eigenvalue weighted by Gasteiger charge is -2.33. The number of likely N-dealkylation sites (tertiary alicyclic amines) is 1. The van der Waals surface area contributed by atoms with Crippen LogP contribution in [0.5, 0.6) is 0 Å². The van der Waals surface area contributed by atoms with Gasteiger partial charge in [0.1, 0.15) is 5.78 Å². The van der Waals surface area contributed by atoms with E-state index in [0.717, 1.165) is 19.5 Å². The first-order chi connectivity index (χ1) is 9.25. The maximum absolute atomic E-state index is 11.8. The van der Waals surface area contributed by atoms with Gasteiger partial charge in [0.25, 0.3) is 0 Å². The smallest absolute Gasteiger partial charge is 0.146 e. The zero-order chi connectivity index (χ0) is 13.2. The summed E-state index contributed by atoms with van der Waals surface area (Å²) < 4.78 is 1.34. The molecule has 0 spiro atoms. The highest BCUT2D eigenvalue weighted by atomic mass is 32.1. The zero-order valence-corrected chi connectivity index (χ0v) is 12.1. The number of fused-ring (bicyclic) bond motifs is 1. The number of thiophene rings is 1. The number of carbonyl (C=O) groups is 1. The van der Waals surface area contributed by atoms with Crippen molar-refractivity contribution < 1.29 is 4.79 Å². The van der Waals surface area contributed by atoms with E-state index in [-0.39, 0.29) is 6.04 Å². The number of benzene rings is 1. The van der Waals surface area contributed by atoms with Crippen LogP contribution in [-0.2, 0) is 11.3 Å². The summed E-state index contributed by atoms with van der Waals surface area (Å²) in [6.45, 7) is 3.69. The molecule has 1 aromatic heterocycles. The van der Waals surface area contributed by atoms with Gasteiger partial charge < -0.3 is 0 Å². The van der Waals surface area contributed by atoms with Gasteiger partial charge in [0.15, 0.2) is 0 Å². The molecule has 2 aromatic rings. The Labute approximate surface area is 118 Å². The summed E-state index contributed by atoms with van der Waals surface area (Å²) in [6.07, 6.45) is 3.42. The molecule has 2 heterocycles. The van der Waals surface area contributed by atoms with Gasteiger partial charge in [-0.1, -0.05) is 24.6 Å². The van der Waals surface area contributed by atoms with Crippen molar-refractivity contribution >= 4 is 27.2 Å². The molecule has 1 aliphatic heterocycles. The lowest BCUT2D eigenvalue weighted by molar-refractivity contribution is -0.123. The molecule has 3 heteroatoms. The van der Waals surface area contributed by atoms with Gasteiger partial charge in [-0.05, 0) is 48.7 Å². The fourth-order valence-electron chi connectivity index (χ4n) is 3.01. The molecular formula is C16H19NOS. The third-order valence-electron chi connectivity index (χ3n) is 4.02. The zero-order valence-electron chi connectivity index (χ0n) is 11.3. The van der Waals surface area contributed by atoms with Gasteiger partial charge in [0.2, 0.25) is 0 Å². The van der Waals surface area contributed by atoms with Crippen LogP contribution in [0.25, 0.3) is 10.1 Å². The van der Waals surface area contributed by atoms with Crippen LogP contribution < -0.4 is 0 Å². The summed E-state index contributed by atoms with van der Waals surface area (Å²) in [5, 5.41) is 3.59. The summed E-state index contributed by atoms with van der Waals surface area (Å²) in [5.74, 6) is 0.319. The molecule has 3 rings (SSSR count). The Hall–Kier alpha value is -1.19. The third-order valence-corrected chi connectivity index (χ3v) is 5.03. The Morgan fingerprint density at radius 2 is 2.21 bits per heavy atom. The van der Waals surface area contributed by atoms with Crippen molar-refractivity contribution in [3.05, 3.63) is 35.2 Å². The van der Waals surface area contributed by atoms with Crippen molar-refractivity contribution in [2.45, 2.75) is 38.8 Å². The Balaban J connectivity index is 1.85. The van der Waals surface area contributed by atoms with E-state index in [1.165, 1.54) is 28.5 Å². The molecule has 2 nitrogen and oxygen atoms in total. The number of hydrogen-bond donors (Lipinski definition) is 0. The average Bonchev–Trinajstić information content (AvgIpc) is 2.83. The molecule has 0 bridgehead atoms. The van der Waals surface area contributed by atoms with Gasteiger partial charge in [-0.15, -0.1) is 11.3 Å². The highest BCUT2D eigenvalue weighted by molar-refractivity contribution is 7.17. The van der Waals surface area contributed by atoms with E-state index in [1.807, 2.05) is 0 Å². The largest absolute Gasteiger partial charge is 0.298 e. The van der Waals surface area contributed by atoms with Crippen molar-refractivity contribution in [3.8, 4) is 0 Å². The fraction of sp³-hybridized carbons (Fsp3) is 0.438. The minimum atomic E-state index is 0.132. The maximum Gasteiger partial charge on any atom is 0.146 e. The maximum atomic E-state index is 11.8. The molecule has 1 aliphatic rings. The molecule has 0 radical (unpaired) electrons. The third kappa shape index (κ3) is 2.58. The van der Waals surface area contributed by atoms with Crippen molar-refractivity contribution in [2.24, 2.45) is 0 Å². The van der Waals surface area contributed by atoms with Crippen molar-refractivity contribution in [1.82, 2.24) is 4.90 Å². The monoisotopic (exact) mass is 273 g/mol. The first-order valence-corrected chi connectivity index (χ1v) is 7.83. The number of Topliss-reactive ketones (excluding diaryl/α,β-unsaturated/α-hetero) is 1. The Morgan fingerprint density at radius 1 is 1.37 bits per heavy atom. The molecule has 1 atom stereocenters. The number of hydrogen-bond acceptors (Lipinski definition) is 3. The molecule has 1 aromatic carbocycles. The Bertz CT molecular complexity index is 589. The van der Waals surface area contributed by atoms with E-state index < -0.39 is 0 Å². The summed E-state index contributed by atoms with van der Waals surface area (Å²) in [7, 11) is 0. The average molecular weight is 273 g/mol. The molecule has 1 saturated heterocycles. The van der Waals surface area contributed by atoms with E-state index in [1.54, 1.807) is 18.3 Å². The van der Waals surface area contributed by atoms with Gasteiger partial charge in [-0.2, -0.15) is 0 Å². The molecule has 1 fully saturated rings. The Kier molecular flexibility index (Phi) is 3.67. The summed E-state index contributed by atoms with van der Waals surface area (Å²) in [5.41, 5.74) is 1.37. The van der Waals surface area contributed by atoms with E-state index in [0.29, 0.717) is 5.78 Å². The van der Waals surface area contributed by atoms with Crippen molar-refractivity contribution in [1.29, 1.82) is 0 Å². The second-order valence-corrected chi connectivity index (χ2v) is 6.26. The van der Waals surface area contributed by atoms with Gasteiger partial charge in [0, 0.05) is 11.2 Å². The van der Waals surface area contributed by atoms with Crippen molar-refractivity contribution in [3.63, 3.8) is 0 Å². The number of ketones is 1. The summed E-state index contributed by atoms with van der Waals surface area (Å²) >= 11 is 1.80. The highest BCUT2D eigenvalue weighted by Crippen LogP contribution is 2.28. The first-order valence-electron chi connectivity index (χ1n) is 6.95. The quantitative estimate of drug-likeness (QED) is 0.846. The van der Waals surface area contributed by atoms with Crippen LogP contribution in [0.2, 0.25) is 0 Å². The Morgan fingerprint density at radius 3 is 3.05 bits per heavy atom. The van der Waals surface area contributed by atoms with E-state index in [9.17, 15) is 4.79 Å². The second-order valence-electron chi connectivity index (χ2n) is 5.35. The first kappa shape index (κ1) is 12.8. The van der Waals surface area contributed by atoms with E-state index >= 15 is 0 Å². The topological polar surface area (TPSA) is 20.3 Å². The van der Waals surface area contributed by atoms with Gasteiger partial charge in [-0.25, -0.2) is 0 Å². The number of rotatable bonds is 3. The summed E-state index contributed by atoms with van der Waals surface area (Å²) in [6, 6.07) is 8.67.